The summed E-state index contributed by atoms with van der Waals surface area (Å²) in [6.07, 6.45) is 57.9. The van der Waals surface area contributed by atoms with Crippen LogP contribution in [-0.4, -0.2) is 89.2 Å². The van der Waals surface area contributed by atoms with E-state index < -0.39 is 67.3 Å². The standard InChI is InChI=1S/C69H122O12/c1-4-7-10-13-16-19-22-25-27-29-31-33-35-38-40-43-46-49-52-55-61(70)77-58-60(79-62(71)56-53-50-47-44-42-39-36-34-32-30-28-26-23-20-17-14-11-8-5-2)59-78-69-67(65(74)64(73)66(81-69)68(75)76)80-63(72)57-54-51-48-45-41-37-24-21-18-15-12-9-6-3/h12,15-16,19,21,24-25,27,60,64-67,69,73-74H,4-11,13-14,17-18,20,22-23,26,28-59H2,1-3H3,(H,75,76)/b15-12-,19-16-,24-21-,27-25-. The minimum atomic E-state index is -1.91. The smallest absolute Gasteiger partial charge is 0.335 e. The molecule has 1 fully saturated rings. The lowest BCUT2D eigenvalue weighted by atomic mass is 9.98. The second-order valence-electron chi connectivity index (χ2n) is 23.1. The molecule has 470 valence electrons. The predicted octanol–water partition coefficient (Wildman–Crippen LogP) is 18.1. The van der Waals surface area contributed by atoms with Crippen LogP contribution in [-0.2, 0) is 42.9 Å². The maximum atomic E-state index is 13.2. The number of carboxylic acid groups (broad SMARTS) is 1. The van der Waals surface area contributed by atoms with Crippen LogP contribution in [0.25, 0.3) is 0 Å². The first kappa shape index (κ1) is 75.7. The monoisotopic (exact) mass is 1140 g/mol. The van der Waals surface area contributed by atoms with Crippen LogP contribution >= 0.6 is 0 Å². The van der Waals surface area contributed by atoms with Crippen molar-refractivity contribution >= 4 is 23.9 Å². The molecule has 0 aliphatic carbocycles. The maximum Gasteiger partial charge on any atom is 0.335 e. The van der Waals surface area contributed by atoms with Gasteiger partial charge in [0.05, 0.1) is 6.61 Å². The molecule has 1 rings (SSSR count). The number of carbonyl (C=O) groups excluding carboxylic acids is 3. The van der Waals surface area contributed by atoms with E-state index >= 15 is 0 Å². The second-order valence-corrected chi connectivity index (χ2v) is 23.1. The van der Waals surface area contributed by atoms with Crippen molar-refractivity contribution < 1.29 is 58.2 Å². The molecule has 0 radical (unpaired) electrons. The van der Waals surface area contributed by atoms with Crippen LogP contribution in [0.5, 0.6) is 0 Å². The van der Waals surface area contributed by atoms with E-state index in [-0.39, 0.29) is 25.9 Å². The van der Waals surface area contributed by atoms with Crippen molar-refractivity contribution in [2.75, 3.05) is 13.2 Å². The summed E-state index contributed by atoms with van der Waals surface area (Å²) in [5.41, 5.74) is 0. The molecular formula is C69H122O12. The highest BCUT2D eigenvalue weighted by molar-refractivity contribution is 5.74. The number of aliphatic hydroxyl groups excluding tert-OH is 2. The molecule has 0 amide bonds. The number of hydrogen-bond donors (Lipinski definition) is 3. The number of hydrogen-bond acceptors (Lipinski definition) is 11. The molecule has 81 heavy (non-hydrogen) atoms. The van der Waals surface area contributed by atoms with Gasteiger partial charge in [-0.25, -0.2) is 4.79 Å². The molecule has 0 aromatic heterocycles. The lowest BCUT2D eigenvalue weighted by molar-refractivity contribution is -0.301. The number of aliphatic hydroxyl groups is 2. The van der Waals surface area contributed by atoms with Crippen LogP contribution in [0.2, 0.25) is 0 Å². The van der Waals surface area contributed by atoms with Crippen LogP contribution < -0.4 is 0 Å². The van der Waals surface area contributed by atoms with Gasteiger partial charge in [0.25, 0.3) is 0 Å². The van der Waals surface area contributed by atoms with Gasteiger partial charge in [0.15, 0.2) is 24.6 Å². The zero-order valence-electron chi connectivity index (χ0n) is 52.0. The fourth-order valence-corrected chi connectivity index (χ4v) is 10.2. The Bertz CT molecular complexity index is 1590. The summed E-state index contributed by atoms with van der Waals surface area (Å²) in [4.78, 5) is 51.3. The number of esters is 3. The van der Waals surface area contributed by atoms with E-state index in [9.17, 15) is 34.5 Å². The molecule has 0 saturated carbocycles. The predicted molar refractivity (Wildman–Crippen MR) is 331 cm³/mol. The van der Waals surface area contributed by atoms with Crippen LogP contribution in [0.3, 0.4) is 0 Å². The first-order valence-electron chi connectivity index (χ1n) is 33.6. The number of ether oxygens (including phenoxy) is 5. The fraction of sp³-hybridized carbons (Fsp3) is 0.826. The molecule has 0 aromatic carbocycles. The molecule has 6 unspecified atom stereocenters. The number of rotatable bonds is 58. The van der Waals surface area contributed by atoms with E-state index in [1.807, 2.05) is 0 Å². The Hall–Kier alpha value is -3.32. The molecule has 1 heterocycles. The van der Waals surface area contributed by atoms with Gasteiger partial charge in [-0.05, 0) is 77.0 Å². The second kappa shape index (κ2) is 57.1. The molecule has 12 heteroatoms. The third kappa shape index (κ3) is 46.7. The van der Waals surface area contributed by atoms with Crippen LogP contribution in [0, 0.1) is 0 Å². The van der Waals surface area contributed by atoms with Gasteiger partial charge in [-0.15, -0.1) is 0 Å². The number of allylic oxidation sites excluding steroid dienone is 8. The van der Waals surface area contributed by atoms with E-state index in [0.717, 1.165) is 103 Å². The van der Waals surface area contributed by atoms with Gasteiger partial charge in [-0.2, -0.15) is 0 Å². The number of aliphatic carboxylic acids is 1. The van der Waals surface area contributed by atoms with Crippen molar-refractivity contribution in [1.29, 1.82) is 0 Å². The van der Waals surface area contributed by atoms with Crippen LogP contribution in [0.1, 0.15) is 316 Å². The Morgan fingerprint density at radius 1 is 0.407 bits per heavy atom. The topological polar surface area (TPSA) is 175 Å². The quantitative estimate of drug-likeness (QED) is 0.0228. The lowest BCUT2D eigenvalue weighted by Gasteiger charge is -2.40. The summed E-state index contributed by atoms with van der Waals surface area (Å²) in [6.45, 7) is 5.95. The van der Waals surface area contributed by atoms with Gasteiger partial charge in [0.1, 0.15) is 18.8 Å². The normalized spacial score (nSPS) is 18.0. The van der Waals surface area contributed by atoms with Crippen LogP contribution in [0.4, 0.5) is 0 Å². The van der Waals surface area contributed by atoms with Crippen molar-refractivity contribution in [3.63, 3.8) is 0 Å². The van der Waals surface area contributed by atoms with E-state index in [0.29, 0.717) is 19.3 Å². The highest BCUT2D eigenvalue weighted by atomic mass is 16.7. The van der Waals surface area contributed by atoms with Gasteiger partial charge in [-0.1, -0.05) is 268 Å². The van der Waals surface area contributed by atoms with E-state index in [1.54, 1.807) is 0 Å². The Labute approximate surface area is 494 Å². The third-order valence-corrected chi connectivity index (χ3v) is 15.4. The largest absolute Gasteiger partial charge is 0.479 e. The summed E-state index contributed by atoms with van der Waals surface area (Å²) in [5.74, 6) is -3.11. The molecule has 0 aromatic rings. The molecule has 3 N–H and O–H groups in total. The summed E-state index contributed by atoms with van der Waals surface area (Å²) in [6, 6.07) is 0. The van der Waals surface area contributed by atoms with Crippen molar-refractivity contribution in [1.82, 2.24) is 0 Å². The SMILES string of the molecule is CCC/C=C\C/C=C\CCCCCCCC(=O)OC1C(OCC(COC(=O)CCCCCCCCCCC/C=C\C/C=C\CCCCC)OC(=O)CCCCCCCCCCCCCCCCCCCCC)OC(C(=O)O)C(O)C1O. The maximum absolute atomic E-state index is 13.2. The van der Waals surface area contributed by atoms with Gasteiger partial charge in [0.2, 0.25) is 0 Å². The first-order chi connectivity index (χ1) is 39.6. The van der Waals surface area contributed by atoms with Crippen molar-refractivity contribution in [3.8, 4) is 0 Å². The van der Waals surface area contributed by atoms with Gasteiger partial charge < -0.3 is 39.0 Å². The highest BCUT2D eigenvalue weighted by Gasteiger charge is 2.50. The van der Waals surface area contributed by atoms with E-state index in [1.165, 1.54) is 154 Å². The zero-order chi connectivity index (χ0) is 58.9. The summed E-state index contributed by atoms with van der Waals surface area (Å²) in [7, 11) is 0. The molecule has 12 nitrogen and oxygen atoms in total. The Morgan fingerprint density at radius 3 is 1.19 bits per heavy atom. The van der Waals surface area contributed by atoms with Gasteiger partial charge in [0, 0.05) is 19.3 Å². The zero-order valence-corrected chi connectivity index (χ0v) is 52.0. The van der Waals surface area contributed by atoms with Crippen molar-refractivity contribution in [2.24, 2.45) is 0 Å². The average molecular weight is 1140 g/mol. The summed E-state index contributed by atoms with van der Waals surface area (Å²) in [5, 5.41) is 31.6. The lowest BCUT2D eigenvalue weighted by Crippen LogP contribution is -2.61. The molecule has 6 atom stereocenters. The van der Waals surface area contributed by atoms with Crippen molar-refractivity contribution in [2.45, 2.75) is 353 Å². The molecule has 1 saturated heterocycles. The number of unbranched alkanes of at least 4 members (excludes halogenated alkanes) is 36. The van der Waals surface area contributed by atoms with Crippen LogP contribution in [0.15, 0.2) is 48.6 Å². The minimum Gasteiger partial charge on any atom is -0.479 e. The summed E-state index contributed by atoms with van der Waals surface area (Å²) >= 11 is 0. The van der Waals surface area contributed by atoms with Crippen molar-refractivity contribution in [3.05, 3.63) is 48.6 Å². The Kier molecular flexibility index (Phi) is 53.4. The molecular weight excluding hydrogens is 1020 g/mol. The van der Waals surface area contributed by atoms with Gasteiger partial charge in [-0.3, -0.25) is 14.4 Å². The first-order valence-corrected chi connectivity index (χ1v) is 33.6. The van der Waals surface area contributed by atoms with E-state index in [2.05, 4.69) is 69.4 Å². The molecule has 0 bridgehead atoms. The van der Waals surface area contributed by atoms with E-state index in [4.69, 9.17) is 23.7 Å². The minimum absolute atomic E-state index is 0.0459. The third-order valence-electron chi connectivity index (χ3n) is 15.4. The number of carboxylic acids is 1. The fourth-order valence-electron chi connectivity index (χ4n) is 10.2. The Balaban J connectivity index is 2.63. The highest BCUT2D eigenvalue weighted by Crippen LogP contribution is 2.27. The molecule has 0 spiro atoms. The number of carbonyl (C=O) groups is 4. The molecule has 1 aliphatic heterocycles. The Morgan fingerprint density at radius 2 is 0.765 bits per heavy atom. The molecule has 1 aliphatic rings. The summed E-state index contributed by atoms with van der Waals surface area (Å²) < 4.78 is 28.6. The van der Waals surface area contributed by atoms with Gasteiger partial charge >= 0.3 is 23.9 Å². The average Bonchev–Trinajstić information content (AvgIpc) is 3.54.